The highest BCUT2D eigenvalue weighted by molar-refractivity contribution is 5.89. The van der Waals surface area contributed by atoms with Gasteiger partial charge in [-0.3, -0.25) is 9.59 Å². The maximum Gasteiger partial charge on any atom is 0.247 e. The van der Waals surface area contributed by atoms with Crippen molar-refractivity contribution in [1.82, 2.24) is 25.2 Å². The first kappa shape index (κ1) is 27.6. The summed E-state index contributed by atoms with van der Waals surface area (Å²) in [5, 5.41) is 11.5. The second kappa shape index (κ2) is 12.0. The van der Waals surface area contributed by atoms with Crippen LogP contribution in [0.3, 0.4) is 0 Å². The normalized spacial score (nSPS) is 12.1. The lowest BCUT2D eigenvalue weighted by Gasteiger charge is -2.35. The molecule has 9 heteroatoms. The Morgan fingerprint density at radius 3 is 2.38 bits per heavy atom. The molecule has 1 N–H and O–H groups in total. The molecule has 1 aromatic heterocycles. The van der Waals surface area contributed by atoms with E-state index in [1.54, 1.807) is 29.9 Å². The fourth-order valence-electron chi connectivity index (χ4n) is 4.28. The van der Waals surface area contributed by atoms with Crippen LogP contribution in [0.25, 0.3) is 11.0 Å². The van der Waals surface area contributed by atoms with E-state index in [-0.39, 0.29) is 24.9 Å². The Hall–Kier alpha value is -4.40. The van der Waals surface area contributed by atoms with Crippen molar-refractivity contribution in [3.63, 3.8) is 0 Å². The summed E-state index contributed by atoms with van der Waals surface area (Å²) >= 11 is 0. The van der Waals surface area contributed by atoms with E-state index in [0.717, 1.165) is 17.5 Å². The molecule has 3 aromatic carbocycles. The summed E-state index contributed by atoms with van der Waals surface area (Å²) in [5.41, 5.74) is 2.46. The highest BCUT2D eigenvalue weighted by Gasteiger charge is 2.34. The number of carbonyl (C=O) groups is 2. The molecule has 0 aliphatic rings. The molecule has 1 atom stereocenters. The zero-order chi connectivity index (χ0) is 28.0. The Balaban J connectivity index is 1.78. The Morgan fingerprint density at radius 1 is 0.974 bits per heavy atom. The zero-order valence-corrected chi connectivity index (χ0v) is 23.0. The molecule has 2 amide bonds. The number of benzene rings is 3. The average molecular weight is 530 g/mol. The van der Waals surface area contributed by atoms with Gasteiger partial charge in [0, 0.05) is 12.1 Å². The summed E-state index contributed by atoms with van der Waals surface area (Å²) in [5.74, 6) is 0.746. The molecule has 9 nitrogen and oxygen atoms in total. The minimum Gasteiger partial charge on any atom is -0.497 e. The van der Waals surface area contributed by atoms with E-state index >= 15 is 0 Å². The Labute approximate surface area is 228 Å². The molecule has 0 unspecified atom stereocenters. The van der Waals surface area contributed by atoms with E-state index < -0.39 is 11.6 Å². The van der Waals surface area contributed by atoms with Gasteiger partial charge in [0.25, 0.3) is 0 Å². The van der Waals surface area contributed by atoms with E-state index in [9.17, 15) is 9.59 Å². The molecule has 0 fully saturated rings. The number of hydrogen-bond donors (Lipinski definition) is 1. The maximum absolute atomic E-state index is 14.1. The number of para-hydroxylation sites is 1. The van der Waals surface area contributed by atoms with Gasteiger partial charge in [0.15, 0.2) is 0 Å². The van der Waals surface area contributed by atoms with Gasteiger partial charge in [0.2, 0.25) is 11.8 Å². The number of carbonyl (C=O) groups excluding carboxylic acids is 2. The van der Waals surface area contributed by atoms with Crippen LogP contribution in [0.4, 0.5) is 0 Å². The molecule has 0 radical (unpaired) electrons. The van der Waals surface area contributed by atoms with E-state index in [4.69, 9.17) is 9.47 Å². The van der Waals surface area contributed by atoms with Crippen molar-refractivity contribution >= 4 is 22.8 Å². The van der Waals surface area contributed by atoms with Crippen LogP contribution in [0.15, 0.2) is 72.8 Å². The summed E-state index contributed by atoms with van der Waals surface area (Å²) < 4.78 is 12.3. The quantitative estimate of drug-likeness (QED) is 0.307. The first-order chi connectivity index (χ1) is 18.7. The van der Waals surface area contributed by atoms with Crippen LogP contribution in [-0.4, -0.2) is 51.5 Å². The molecular weight excluding hydrogens is 494 g/mol. The second-order valence-electron chi connectivity index (χ2n) is 10.0. The minimum absolute atomic E-state index is 0.0818. The summed E-state index contributed by atoms with van der Waals surface area (Å²) in [4.78, 5) is 29.7. The van der Waals surface area contributed by atoms with E-state index in [1.807, 2.05) is 87.5 Å². The standard InChI is InChI=1S/C30H35N5O4/c1-6-30(2,3)31-29(37)28(22-10-9-11-24(18-22)39-5)34(19-21-14-16-23(38-4)17-15-21)27(36)20-35-26-13-8-7-12-25(26)32-33-35/h7-18,28H,6,19-20H2,1-5H3,(H,31,37)/t28-/m1/s1. The third-order valence-corrected chi connectivity index (χ3v) is 6.85. The molecule has 204 valence electrons. The molecule has 0 aliphatic heterocycles. The van der Waals surface area contributed by atoms with Crippen LogP contribution in [0.5, 0.6) is 11.5 Å². The van der Waals surface area contributed by atoms with Gasteiger partial charge in [0.1, 0.15) is 29.6 Å². The largest absolute Gasteiger partial charge is 0.497 e. The van der Waals surface area contributed by atoms with Crippen LogP contribution in [0.1, 0.15) is 44.4 Å². The lowest BCUT2D eigenvalue weighted by molar-refractivity contribution is -0.143. The van der Waals surface area contributed by atoms with Crippen molar-refractivity contribution in [1.29, 1.82) is 0 Å². The minimum atomic E-state index is -0.921. The summed E-state index contributed by atoms with van der Waals surface area (Å²) in [6, 6.07) is 21.3. The zero-order valence-electron chi connectivity index (χ0n) is 23.0. The van der Waals surface area contributed by atoms with Gasteiger partial charge in [-0.25, -0.2) is 4.68 Å². The van der Waals surface area contributed by atoms with Crippen molar-refractivity contribution in [3.05, 3.63) is 83.9 Å². The first-order valence-electron chi connectivity index (χ1n) is 12.9. The van der Waals surface area contributed by atoms with Crippen molar-refractivity contribution in [2.75, 3.05) is 14.2 Å². The SMILES string of the molecule is CCC(C)(C)NC(=O)[C@@H](c1cccc(OC)c1)N(Cc1ccc(OC)cc1)C(=O)Cn1nnc2ccccc21. The van der Waals surface area contributed by atoms with Gasteiger partial charge in [-0.15, -0.1) is 5.10 Å². The topological polar surface area (TPSA) is 98.6 Å². The number of aromatic nitrogens is 3. The fraction of sp³-hybridized carbons (Fsp3) is 0.333. The van der Waals surface area contributed by atoms with Gasteiger partial charge in [0.05, 0.1) is 19.7 Å². The smallest absolute Gasteiger partial charge is 0.247 e. The van der Waals surface area contributed by atoms with Crippen molar-refractivity contribution in [2.24, 2.45) is 0 Å². The average Bonchev–Trinajstić information content (AvgIpc) is 3.35. The fourth-order valence-corrected chi connectivity index (χ4v) is 4.28. The number of fused-ring (bicyclic) bond motifs is 1. The van der Waals surface area contributed by atoms with Crippen LogP contribution in [0, 0.1) is 0 Å². The van der Waals surface area contributed by atoms with E-state index in [0.29, 0.717) is 22.6 Å². The second-order valence-corrected chi connectivity index (χ2v) is 10.0. The van der Waals surface area contributed by atoms with E-state index in [1.165, 1.54) is 0 Å². The predicted octanol–water partition coefficient (Wildman–Crippen LogP) is 4.52. The molecule has 0 saturated carbocycles. The lowest BCUT2D eigenvalue weighted by Crippen LogP contribution is -2.50. The number of hydrogen-bond acceptors (Lipinski definition) is 6. The highest BCUT2D eigenvalue weighted by Crippen LogP contribution is 2.29. The molecule has 0 bridgehead atoms. The number of ether oxygens (including phenoxy) is 2. The third-order valence-electron chi connectivity index (χ3n) is 6.85. The highest BCUT2D eigenvalue weighted by atomic mass is 16.5. The third kappa shape index (κ3) is 6.54. The number of nitrogens with zero attached hydrogens (tertiary/aromatic N) is 4. The monoisotopic (exact) mass is 529 g/mol. The molecule has 1 heterocycles. The Bertz CT molecular complexity index is 1430. The molecule has 4 rings (SSSR count). The molecule has 0 saturated heterocycles. The number of methoxy groups -OCH3 is 2. The van der Waals surface area contributed by atoms with Gasteiger partial charge < -0.3 is 19.7 Å². The van der Waals surface area contributed by atoms with Crippen molar-refractivity contribution in [3.8, 4) is 11.5 Å². The van der Waals surface area contributed by atoms with Crippen LogP contribution in [-0.2, 0) is 22.7 Å². The van der Waals surface area contributed by atoms with Gasteiger partial charge in [-0.1, -0.05) is 48.5 Å². The Morgan fingerprint density at radius 2 is 1.69 bits per heavy atom. The van der Waals surface area contributed by atoms with Crippen LogP contribution < -0.4 is 14.8 Å². The van der Waals surface area contributed by atoms with Crippen molar-refractivity contribution in [2.45, 2.75) is 51.9 Å². The maximum atomic E-state index is 14.1. The summed E-state index contributed by atoms with van der Waals surface area (Å²) in [6.45, 7) is 6.05. The number of nitrogens with one attached hydrogen (secondary N) is 1. The number of rotatable bonds is 11. The van der Waals surface area contributed by atoms with Gasteiger partial charge in [-0.05, 0) is 67.8 Å². The molecule has 0 aliphatic carbocycles. The molecule has 0 spiro atoms. The lowest BCUT2D eigenvalue weighted by atomic mass is 9.98. The number of amides is 2. The Kier molecular flexibility index (Phi) is 8.49. The molecule has 4 aromatic rings. The first-order valence-corrected chi connectivity index (χ1v) is 12.9. The van der Waals surface area contributed by atoms with Crippen molar-refractivity contribution < 1.29 is 19.1 Å². The summed E-state index contributed by atoms with van der Waals surface area (Å²) in [7, 11) is 3.18. The van der Waals surface area contributed by atoms with Crippen LogP contribution in [0.2, 0.25) is 0 Å². The summed E-state index contributed by atoms with van der Waals surface area (Å²) in [6.07, 6.45) is 0.723. The van der Waals surface area contributed by atoms with Gasteiger partial charge in [-0.2, -0.15) is 0 Å². The molecule has 39 heavy (non-hydrogen) atoms. The predicted molar refractivity (Wildman–Crippen MR) is 149 cm³/mol. The van der Waals surface area contributed by atoms with Gasteiger partial charge >= 0.3 is 0 Å². The van der Waals surface area contributed by atoms with Crippen LogP contribution >= 0.6 is 0 Å². The van der Waals surface area contributed by atoms with E-state index in [2.05, 4.69) is 15.6 Å². The molecular formula is C30H35N5O4.